The first-order valence-corrected chi connectivity index (χ1v) is 6.63. The van der Waals surface area contributed by atoms with E-state index in [1.807, 2.05) is 26.0 Å². The number of aliphatic hydroxyl groups is 1. The quantitative estimate of drug-likeness (QED) is 0.855. The summed E-state index contributed by atoms with van der Waals surface area (Å²) in [6.45, 7) is 3.78. The molecule has 1 aromatic carbocycles. The largest absolute Gasteiger partial charge is 0.394 e. The molecule has 0 aliphatic heterocycles. The van der Waals surface area contributed by atoms with Crippen molar-refractivity contribution in [1.82, 2.24) is 5.32 Å². The van der Waals surface area contributed by atoms with Gasteiger partial charge in [0.05, 0.1) is 12.1 Å². The highest BCUT2D eigenvalue weighted by atomic mass is 16.3. The van der Waals surface area contributed by atoms with Gasteiger partial charge in [-0.25, -0.2) is 0 Å². The molecule has 1 amide bonds. The molecule has 1 unspecified atom stereocenters. The molecule has 0 saturated carbocycles. The zero-order valence-corrected chi connectivity index (χ0v) is 11.1. The van der Waals surface area contributed by atoms with Crippen molar-refractivity contribution >= 4 is 5.91 Å². The maximum atomic E-state index is 12.2. The van der Waals surface area contributed by atoms with E-state index in [-0.39, 0.29) is 12.5 Å². The van der Waals surface area contributed by atoms with E-state index in [9.17, 15) is 9.90 Å². The molecule has 0 saturated heterocycles. The highest BCUT2D eigenvalue weighted by molar-refractivity contribution is 5.95. The normalized spacial score (nSPS) is 17.1. The molecule has 1 aliphatic carbocycles. The van der Waals surface area contributed by atoms with E-state index in [0.717, 1.165) is 12.8 Å². The molecule has 0 radical (unpaired) electrons. The Labute approximate surface area is 108 Å². The van der Waals surface area contributed by atoms with Crippen molar-refractivity contribution in [2.45, 2.75) is 45.1 Å². The second-order valence-corrected chi connectivity index (χ2v) is 5.36. The SMILES string of the molecule is CCC(C)(CO)NC(=O)c1ccc2c(c1)CCC2. The number of rotatable bonds is 4. The smallest absolute Gasteiger partial charge is 0.251 e. The summed E-state index contributed by atoms with van der Waals surface area (Å²) in [6.07, 6.45) is 4.09. The number of benzene rings is 1. The summed E-state index contributed by atoms with van der Waals surface area (Å²) in [5.41, 5.74) is 2.83. The second kappa shape index (κ2) is 5.11. The molecular weight excluding hydrogens is 226 g/mol. The summed E-state index contributed by atoms with van der Waals surface area (Å²) in [5.74, 6) is -0.0944. The van der Waals surface area contributed by atoms with Crippen molar-refractivity contribution in [3.8, 4) is 0 Å². The monoisotopic (exact) mass is 247 g/mol. The van der Waals surface area contributed by atoms with E-state index in [0.29, 0.717) is 12.0 Å². The molecule has 18 heavy (non-hydrogen) atoms. The minimum atomic E-state index is -0.532. The van der Waals surface area contributed by atoms with Crippen LogP contribution >= 0.6 is 0 Å². The Morgan fingerprint density at radius 1 is 1.39 bits per heavy atom. The summed E-state index contributed by atoms with van der Waals surface area (Å²) >= 11 is 0. The fourth-order valence-corrected chi connectivity index (χ4v) is 2.30. The molecule has 1 aliphatic rings. The predicted octanol–water partition coefficient (Wildman–Crippen LogP) is 2.07. The van der Waals surface area contributed by atoms with Crippen LogP contribution in [0.4, 0.5) is 0 Å². The van der Waals surface area contributed by atoms with Crippen molar-refractivity contribution in [1.29, 1.82) is 0 Å². The van der Waals surface area contributed by atoms with Gasteiger partial charge in [-0.3, -0.25) is 4.79 Å². The van der Waals surface area contributed by atoms with Crippen LogP contribution in [-0.4, -0.2) is 23.2 Å². The highest BCUT2D eigenvalue weighted by Gasteiger charge is 2.24. The van der Waals surface area contributed by atoms with E-state index < -0.39 is 5.54 Å². The fraction of sp³-hybridized carbons (Fsp3) is 0.533. The molecular formula is C15H21NO2. The minimum absolute atomic E-state index is 0.0415. The number of hydrogen-bond acceptors (Lipinski definition) is 2. The van der Waals surface area contributed by atoms with Crippen LogP contribution < -0.4 is 5.32 Å². The van der Waals surface area contributed by atoms with E-state index in [4.69, 9.17) is 0 Å². The van der Waals surface area contributed by atoms with Gasteiger partial charge in [0, 0.05) is 5.56 Å². The summed E-state index contributed by atoms with van der Waals surface area (Å²) in [5, 5.41) is 12.2. The van der Waals surface area contributed by atoms with Gasteiger partial charge >= 0.3 is 0 Å². The first-order chi connectivity index (χ1) is 8.58. The van der Waals surface area contributed by atoms with Crippen LogP contribution in [0.2, 0.25) is 0 Å². The van der Waals surface area contributed by atoms with Gasteiger partial charge in [-0.1, -0.05) is 13.0 Å². The Hall–Kier alpha value is -1.35. The van der Waals surface area contributed by atoms with Gasteiger partial charge < -0.3 is 10.4 Å². The Kier molecular flexibility index (Phi) is 3.71. The van der Waals surface area contributed by atoms with E-state index >= 15 is 0 Å². The zero-order chi connectivity index (χ0) is 13.2. The van der Waals surface area contributed by atoms with Crippen LogP contribution in [0.5, 0.6) is 0 Å². The lowest BCUT2D eigenvalue weighted by Gasteiger charge is -2.27. The lowest BCUT2D eigenvalue weighted by molar-refractivity contribution is 0.0847. The molecule has 3 nitrogen and oxygen atoms in total. The standard InChI is InChI=1S/C15H21NO2/c1-3-15(2,10-17)16-14(18)13-8-7-11-5-4-6-12(11)9-13/h7-9,17H,3-6,10H2,1-2H3,(H,16,18). The maximum Gasteiger partial charge on any atom is 0.251 e. The van der Waals surface area contributed by atoms with Crippen LogP contribution in [-0.2, 0) is 12.8 Å². The number of aryl methyl sites for hydroxylation is 2. The zero-order valence-electron chi connectivity index (χ0n) is 11.1. The number of carbonyl (C=O) groups is 1. The molecule has 2 N–H and O–H groups in total. The third-order valence-corrected chi connectivity index (χ3v) is 3.91. The molecule has 1 aromatic rings. The summed E-state index contributed by atoms with van der Waals surface area (Å²) in [7, 11) is 0. The van der Waals surface area contributed by atoms with Crippen molar-refractivity contribution in [3.05, 3.63) is 34.9 Å². The number of amides is 1. The van der Waals surface area contributed by atoms with Crippen LogP contribution in [0.25, 0.3) is 0 Å². The minimum Gasteiger partial charge on any atom is -0.394 e. The van der Waals surface area contributed by atoms with Gasteiger partial charge in [-0.15, -0.1) is 0 Å². The number of fused-ring (bicyclic) bond motifs is 1. The molecule has 0 heterocycles. The predicted molar refractivity (Wildman–Crippen MR) is 71.7 cm³/mol. The lowest BCUT2D eigenvalue weighted by atomic mass is 9.99. The van der Waals surface area contributed by atoms with E-state index in [2.05, 4.69) is 11.4 Å². The molecule has 0 bridgehead atoms. The van der Waals surface area contributed by atoms with Gasteiger partial charge in [0.1, 0.15) is 0 Å². The van der Waals surface area contributed by atoms with Crippen molar-refractivity contribution in [3.63, 3.8) is 0 Å². The Morgan fingerprint density at radius 3 is 2.78 bits per heavy atom. The Bertz CT molecular complexity index is 450. The molecule has 3 heteroatoms. The summed E-state index contributed by atoms with van der Waals surface area (Å²) in [6, 6.07) is 5.93. The van der Waals surface area contributed by atoms with Gasteiger partial charge in [0.25, 0.3) is 5.91 Å². The molecule has 0 spiro atoms. The first-order valence-electron chi connectivity index (χ1n) is 6.63. The maximum absolute atomic E-state index is 12.2. The Morgan fingerprint density at radius 2 is 2.11 bits per heavy atom. The number of nitrogens with one attached hydrogen (secondary N) is 1. The summed E-state index contributed by atoms with van der Waals surface area (Å²) < 4.78 is 0. The third-order valence-electron chi connectivity index (χ3n) is 3.91. The van der Waals surface area contributed by atoms with E-state index in [1.165, 1.54) is 17.5 Å². The second-order valence-electron chi connectivity index (χ2n) is 5.36. The lowest BCUT2D eigenvalue weighted by Crippen LogP contribution is -2.48. The first kappa shape index (κ1) is 13.1. The molecule has 0 fully saturated rings. The van der Waals surface area contributed by atoms with Gasteiger partial charge in [-0.2, -0.15) is 0 Å². The number of aliphatic hydroxyl groups excluding tert-OH is 1. The van der Waals surface area contributed by atoms with Gasteiger partial charge in [0.15, 0.2) is 0 Å². The molecule has 0 aromatic heterocycles. The highest BCUT2D eigenvalue weighted by Crippen LogP contribution is 2.23. The van der Waals surface area contributed by atoms with E-state index in [1.54, 1.807) is 0 Å². The summed E-state index contributed by atoms with van der Waals surface area (Å²) in [4.78, 5) is 12.2. The van der Waals surface area contributed by atoms with Crippen LogP contribution in [0.3, 0.4) is 0 Å². The van der Waals surface area contributed by atoms with Gasteiger partial charge in [0.2, 0.25) is 0 Å². The number of carbonyl (C=O) groups excluding carboxylic acids is 1. The van der Waals surface area contributed by atoms with Gasteiger partial charge in [-0.05, 0) is 55.9 Å². The fourth-order valence-electron chi connectivity index (χ4n) is 2.30. The average Bonchev–Trinajstić information content (AvgIpc) is 2.85. The molecule has 2 rings (SSSR count). The number of hydrogen-bond donors (Lipinski definition) is 2. The van der Waals surface area contributed by atoms with Crippen LogP contribution in [0, 0.1) is 0 Å². The van der Waals surface area contributed by atoms with Crippen molar-refractivity contribution in [2.24, 2.45) is 0 Å². The van der Waals surface area contributed by atoms with Crippen molar-refractivity contribution in [2.75, 3.05) is 6.61 Å². The van der Waals surface area contributed by atoms with Crippen LogP contribution in [0.1, 0.15) is 48.2 Å². The third kappa shape index (κ3) is 2.56. The topological polar surface area (TPSA) is 49.3 Å². The van der Waals surface area contributed by atoms with Crippen molar-refractivity contribution < 1.29 is 9.90 Å². The van der Waals surface area contributed by atoms with Crippen LogP contribution in [0.15, 0.2) is 18.2 Å². The molecule has 98 valence electrons. The molecule has 1 atom stereocenters. The Balaban J connectivity index is 2.14. The average molecular weight is 247 g/mol.